The zero-order chi connectivity index (χ0) is 13.7. The number of nitrogens with one attached hydrogen (secondary N) is 1. The van der Waals surface area contributed by atoms with Gasteiger partial charge in [-0.05, 0) is 48.7 Å². The summed E-state index contributed by atoms with van der Waals surface area (Å²) in [6, 6.07) is 6.81. The maximum atomic E-state index is 4.04. The summed E-state index contributed by atoms with van der Waals surface area (Å²) >= 11 is 0. The summed E-state index contributed by atoms with van der Waals surface area (Å²) in [6.45, 7) is 5.50. The molecule has 2 heterocycles. The van der Waals surface area contributed by atoms with Gasteiger partial charge in [0.1, 0.15) is 0 Å². The van der Waals surface area contributed by atoms with Gasteiger partial charge >= 0.3 is 0 Å². The van der Waals surface area contributed by atoms with Crippen LogP contribution in [0.2, 0.25) is 0 Å². The van der Waals surface area contributed by atoms with Gasteiger partial charge in [-0.25, -0.2) is 0 Å². The van der Waals surface area contributed by atoms with Crippen molar-refractivity contribution in [3.05, 3.63) is 54.1 Å². The second-order valence-electron chi connectivity index (χ2n) is 5.30. The SMILES string of the molecule is CNC(c1ccn(CCc2ccncc2)c1)C(C)C. The standard InChI is InChI=1S/C16H23N3/c1-13(2)16(17-3)15-7-11-19(12-15)10-6-14-4-8-18-9-5-14/h4-5,7-9,11-13,16-17H,6,10H2,1-3H3. The first-order chi connectivity index (χ1) is 9.20. The third-order valence-electron chi connectivity index (χ3n) is 3.52. The van der Waals surface area contributed by atoms with Crippen LogP contribution in [0.4, 0.5) is 0 Å². The fourth-order valence-electron chi connectivity index (χ4n) is 2.47. The van der Waals surface area contributed by atoms with Gasteiger partial charge < -0.3 is 9.88 Å². The minimum Gasteiger partial charge on any atom is -0.354 e. The lowest BCUT2D eigenvalue weighted by Gasteiger charge is -2.18. The molecule has 0 fully saturated rings. The molecule has 0 amide bonds. The molecule has 102 valence electrons. The average Bonchev–Trinajstić information content (AvgIpc) is 2.87. The third kappa shape index (κ3) is 3.67. The molecule has 0 saturated carbocycles. The van der Waals surface area contributed by atoms with E-state index in [-0.39, 0.29) is 0 Å². The van der Waals surface area contributed by atoms with Crippen LogP contribution in [0.3, 0.4) is 0 Å². The fourth-order valence-corrected chi connectivity index (χ4v) is 2.47. The number of rotatable bonds is 6. The normalized spacial score (nSPS) is 12.8. The van der Waals surface area contributed by atoms with Crippen LogP contribution in [0.15, 0.2) is 43.0 Å². The van der Waals surface area contributed by atoms with Crippen molar-refractivity contribution in [2.24, 2.45) is 5.92 Å². The van der Waals surface area contributed by atoms with Gasteiger partial charge in [-0.15, -0.1) is 0 Å². The van der Waals surface area contributed by atoms with Gasteiger partial charge in [0.2, 0.25) is 0 Å². The van der Waals surface area contributed by atoms with Crippen LogP contribution in [-0.2, 0) is 13.0 Å². The molecule has 3 heteroatoms. The Morgan fingerprint density at radius 3 is 2.58 bits per heavy atom. The van der Waals surface area contributed by atoms with Crippen molar-refractivity contribution in [1.82, 2.24) is 14.9 Å². The highest BCUT2D eigenvalue weighted by atomic mass is 15.0. The first-order valence-corrected chi connectivity index (χ1v) is 6.92. The summed E-state index contributed by atoms with van der Waals surface area (Å²) < 4.78 is 2.27. The predicted octanol–water partition coefficient (Wildman–Crippen LogP) is 3.04. The average molecular weight is 257 g/mol. The van der Waals surface area contributed by atoms with Gasteiger partial charge in [-0.1, -0.05) is 13.8 Å². The van der Waals surface area contributed by atoms with Gasteiger partial charge in [-0.2, -0.15) is 0 Å². The molecule has 19 heavy (non-hydrogen) atoms. The van der Waals surface area contributed by atoms with Gasteiger partial charge in [0.05, 0.1) is 0 Å². The van der Waals surface area contributed by atoms with E-state index in [1.165, 1.54) is 11.1 Å². The van der Waals surface area contributed by atoms with E-state index in [4.69, 9.17) is 0 Å². The van der Waals surface area contributed by atoms with Crippen LogP contribution in [-0.4, -0.2) is 16.6 Å². The van der Waals surface area contributed by atoms with E-state index < -0.39 is 0 Å². The quantitative estimate of drug-likeness (QED) is 0.862. The smallest absolute Gasteiger partial charge is 0.0355 e. The maximum absolute atomic E-state index is 4.04. The molecule has 0 aromatic carbocycles. The zero-order valence-electron chi connectivity index (χ0n) is 12.0. The summed E-state index contributed by atoms with van der Waals surface area (Å²) in [4.78, 5) is 4.04. The Balaban J connectivity index is 1.97. The van der Waals surface area contributed by atoms with Crippen molar-refractivity contribution in [2.45, 2.75) is 32.9 Å². The van der Waals surface area contributed by atoms with Crippen molar-refractivity contribution >= 4 is 0 Å². The van der Waals surface area contributed by atoms with E-state index in [0.29, 0.717) is 12.0 Å². The molecule has 1 N–H and O–H groups in total. The van der Waals surface area contributed by atoms with Crippen molar-refractivity contribution in [3.8, 4) is 0 Å². The van der Waals surface area contributed by atoms with E-state index >= 15 is 0 Å². The van der Waals surface area contributed by atoms with Crippen molar-refractivity contribution < 1.29 is 0 Å². The van der Waals surface area contributed by atoms with Gasteiger partial charge in [0, 0.05) is 37.4 Å². The minimum absolute atomic E-state index is 0.433. The Bertz CT molecular complexity index is 488. The highest BCUT2D eigenvalue weighted by Crippen LogP contribution is 2.21. The lowest BCUT2D eigenvalue weighted by molar-refractivity contribution is 0.442. The van der Waals surface area contributed by atoms with E-state index in [2.05, 4.69) is 59.3 Å². The molecule has 2 rings (SSSR count). The minimum atomic E-state index is 0.433. The topological polar surface area (TPSA) is 29.9 Å². The maximum Gasteiger partial charge on any atom is 0.0355 e. The van der Waals surface area contributed by atoms with Crippen LogP contribution in [0, 0.1) is 5.92 Å². The van der Waals surface area contributed by atoms with E-state index in [1.54, 1.807) is 0 Å². The van der Waals surface area contributed by atoms with Crippen molar-refractivity contribution in [3.63, 3.8) is 0 Å². The van der Waals surface area contributed by atoms with Gasteiger partial charge in [0.25, 0.3) is 0 Å². The number of nitrogens with zero attached hydrogens (tertiary/aromatic N) is 2. The van der Waals surface area contributed by atoms with E-state index in [0.717, 1.165) is 13.0 Å². The second kappa shape index (κ2) is 6.53. The summed E-state index contributed by atoms with van der Waals surface area (Å²) in [7, 11) is 2.03. The third-order valence-corrected chi connectivity index (χ3v) is 3.52. The predicted molar refractivity (Wildman–Crippen MR) is 79.0 cm³/mol. The summed E-state index contributed by atoms with van der Waals surface area (Å²) in [5, 5.41) is 3.38. The number of hydrogen-bond donors (Lipinski definition) is 1. The Morgan fingerprint density at radius 2 is 1.95 bits per heavy atom. The van der Waals surface area contributed by atoms with Gasteiger partial charge in [-0.3, -0.25) is 4.98 Å². The molecule has 0 radical (unpaired) electrons. The fraction of sp³-hybridized carbons (Fsp3) is 0.438. The molecule has 0 aliphatic carbocycles. The highest BCUT2D eigenvalue weighted by Gasteiger charge is 2.14. The number of pyridine rings is 1. The first-order valence-electron chi connectivity index (χ1n) is 6.92. The number of aryl methyl sites for hydroxylation is 2. The molecule has 0 aliphatic heterocycles. The van der Waals surface area contributed by atoms with Crippen molar-refractivity contribution in [1.29, 1.82) is 0 Å². The molecule has 0 spiro atoms. The van der Waals surface area contributed by atoms with Crippen LogP contribution in [0.5, 0.6) is 0 Å². The molecule has 0 saturated heterocycles. The molecule has 1 unspecified atom stereocenters. The van der Waals surface area contributed by atoms with Gasteiger partial charge in [0.15, 0.2) is 0 Å². The molecule has 0 aliphatic rings. The Morgan fingerprint density at radius 1 is 1.21 bits per heavy atom. The Kier molecular flexibility index (Phi) is 4.74. The zero-order valence-corrected chi connectivity index (χ0v) is 12.0. The molecule has 0 bridgehead atoms. The second-order valence-corrected chi connectivity index (χ2v) is 5.30. The monoisotopic (exact) mass is 257 g/mol. The van der Waals surface area contributed by atoms with Crippen LogP contribution < -0.4 is 5.32 Å². The van der Waals surface area contributed by atoms with Crippen LogP contribution >= 0.6 is 0 Å². The molecule has 3 nitrogen and oxygen atoms in total. The molecule has 2 aromatic heterocycles. The molecular formula is C16H23N3. The number of aromatic nitrogens is 2. The summed E-state index contributed by atoms with van der Waals surface area (Å²) in [5.41, 5.74) is 2.70. The Labute approximate surface area is 115 Å². The largest absolute Gasteiger partial charge is 0.354 e. The van der Waals surface area contributed by atoms with Crippen LogP contribution in [0.1, 0.15) is 31.0 Å². The Hall–Kier alpha value is -1.61. The first kappa shape index (κ1) is 13.8. The lowest BCUT2D eigenvalue weighted by atomic mass is 9.99. The van der Waals surface area contributed by atoms with Crippen LogP contribution in [0.25, 0.3) is 0 Å². The lowest BCUT2D eigenvalue weighted by Crippen LogP contribution is -2.21. The van der Waals surface area contributed by atoms with E-state index in [1.807, 2.05) is 19.4 Å². The van der Waals surface area contributed by atoms with Crippen molar-refractivity contribution in [2.75, 3.05) is 7.05 Å². The summed E-state index contributed by atoms with van der Waals surface area (Å²) in [6.07, 6.45) is 9.17. The van der Waals surface area contributed by atoms with E-state index in [9.17, 15) is 0 Å². The summed E-state index contributed by atoms with van der Waals surface area (Å²) in [5.74, 6) is 0.598. The molecule has 2 aromatic rings. The molecular weight excluding hydrogens is 234 g/mol. The molecule has 1 atom stereocenters. The number of hydrogen-bond acceptors (Lipinski definition) is 2. The highest BCUT2D eigenvalue weighted by molar-refractivity contribution is 5.16.